The second-order valence-corrected chi connectivity index (χ2v) is 11.5. The summed E-state index contributed by atoms with van der Waals surface area (Å²) in [4.78, 5) is 53.0. The molecular formula is C26H29N5O6S2. The molecular weight excluding hydrogens is 542 g/mol. The monoisotopic (exact) mass is 571 g/mol. The normalized spacial score (nSPS) is 11.5. The van der Waals surface area contributed by atoms with Crippen LogP contribution in [0.2, 0.25) is 0 Å². The summed E-state index contributed by atoms with van der Waals surface area (Å²) in [5.74, 6) is -1.89. The van der Waals surface area contributed by atoms with Crippen molar-refractivity contribution in [2.45, 2.75) is 53.6 Å². The molecule has 0 radical (unpaired) electrons. The minimum Gasteiger partial charge on any atom is -0.462 e. The van der Waals surface area contributed by atoms with Gasteiger partial charge in [-0.3, -0.25) is 14.3 Å². The van der Waals surface area contributed by atoms with Gasteiger partial charge in [0, 0.05) is 0 Å². The lowest BCUT2D eigenvalue weighted by molar-refractivity contribution is -0.116. The molecule has 206 valence electrons. The van der Waals surface area contributed by atoms with Gasteiger partial charge in [-0.2, -0.15) is 10.2 Å². The molecule has 0 spiro atoms. The summed E-state index contributed by atoms with van der Waals surface area (Å²) in [7, 11) is 0. The van der Waals surface area contributed by atoms with E-state index in [1.807, 2.05) is 38.3 Å². The predicted molar refractivity (Wildman–Crippen MR) is 150 cm³/mol. The van der Waals surface area contributed by atoms with Gasteiger partial charge in [0.1, 0.15) is 27.6 Å². The van der Waals surface area contributed by atoms with Crippen molar-refractivity contribution in [1.82, 2.24) is 19.6 Å². The van der Waals surface area contributed by atoms with Crippen LogP contribution in [0.4, 0.5) is 5.00 Å². The van der Waals surface area contributed by atoms with Crippen molar-refractivity contribution in [2.75, 3.05) is 18.5 Å². The van der Waals surface area contributed by atoms with Crippen molar-refractivity contribution in [3.05, 3.63) is 50.1 Å². The van der Waals surface area contributed by atoms with Gasteiger partial charge < -0.3 is 14.8 Å². The molecule has 1 amide bonds. The molecule has 0 saturated heterocycles. The molecule has 0 aromatic carbocycles. The summed E-state index contributed by atoms with van der Waals surface area (Å²) < 4.78 is 13.0. The molecule has 4 aromatic heterocycles. The van der Waals surface area contributed by atoms with Gasteiger partial charge in [0.25, 0.3) is 5.56 Å². The number of carbonyl (C=O) groups is 3. The maximum absolute atomic E-state index is 13.6. The van der Waals surface area contributed by atoms with Crippen LogP contribution in [0.3, 0.4) is 0 Å². The fourth-order valence-electron chi connectivity index (χ4n) is 4.02. The van der Waals surface area contributed by atoms with Crippen LogP contribution >= 0.6 is 22.7 Å². The Hall–Kier alpha value is -3.84. The van der Waals surface area contributed by atoms with Crippen LogP contribution in [0, 0.1) is 6.92 Å². The van der Waals surface area contributed by atoms with Crippen LogP contribution in [0.25, 0.3) is 21.5 Å². The average molecular weight is 572 g/mol. The van der Waals surface area contributed by atoms with E-state index in [1.165, 1.54) is 11.3 Å². The summed E-state index contributed by atoms with van der Waals surface area (Å²) in [6, 6.07) is 3.76. The van der Waals surface area contributed by atoms with Crippen molar-refractivity contribution in [2.24, 2.45) is 0 Å². The molecule has 0 aliphatic heterocycles. The Kier molecular flexibility index (Phi) is 8.02. The van der Waals surface area contributed by atoms with Crippen molar-refractivity contribution in [3.63, 3.8) is 0 Å². The van der Waals surface area contributed by atoms with E-state index in [1.54, 1.807) is 31.6 Å². The first-order valence-corrected chi connectivity index (χ1v) is 14.0. The van der Waals surface area contributed by atoms with Gasteiger partial charge in [-0.15, -0.1) is 22.7 Å². The first-order valence-electron chi connectivity index (χ1n) is 12.3. The van der Waals surface area contributed by atoms with E-state index in [2.05, 4.69) is 15.5 Å². The molecule has 4 rings (SSSR count). The van der Waals surface area contributed by atoms with Crippen LogP contribution in [0.5, 0.6) is 0 Å². The minimum atomic E-state index is -0.678. The highest BCUT2D eigenvalue weighted by molar-refractivity contribution is 7.18. The number of aromatic nitrogens is 4. The number of carbonyl (C=O) groups excluding carboxylic acids is 3. The number of nitrogens with zero attached hydrogens (tertiary/aromatic N) is 4. The standard InChI is InChI=1S/C26H29N5O6S2/c1-7-36-24(34)18-14(3)21(25(35)37-8-2)39-22(18)28-17(32)13-30-23(33)20-15(12-27-31(20)26(4,5)6)19(29-30)16-10-9-11-38-16/h9-12H,7-8,13H2,1-6H3,(H,28,32). The summed E-state index contributed by atoms with van der Waals surface area (Å²) >= 11 is 2.37. The largest absolute Gasteiger partial charge is 0.462 e. The zero-order valence-corrected chi connectivity index (χ0v) is 24.1. The van der Waals surface area contributed by atoms with E-state index in [-0.39, 0.29) is 28.7 Å². The summed E-state index contributed by atoms with van der Waals surface area (Å²) in [6.07, 6.45) is 1.62. The zero-order valence-electron chi connectivity index (χ0n) is 22.5. The maximum atomic E-state index is 13.6. The third-order valence-electron chi connectivity index (χ3n) is 5.71. The molecule has 0 atom stereocenters. The van der Waals surface area contributed by atoms with Gasteiger partial charge in [-0.25, -0.2) is 14.3 Å². The summed E-state index contributed by atoms with van der Waals surface area (Å²) in [5.41, 5.74) is 0.302. The second kappa shape index (κ2) is 11.1. The summed E-state index contributed by atoms with van der Waals surface area (Å²) in [6.45, 7) is 10.5. The number of anilines is 1. The first-order chi connectivity index (χ1) is 18.5. The molecule has 0 unspecified atom stereocenters. The average Bonchev–Trinajstić information content (AvgIpc) is 3.60. The van der Waals surface area contributed by atoms with Gasteiger partial charge in [0.05, 0.1) is 40.8 Å². The molecule has 0 fully saturated rings. The molecule has 4 heterocycles. The van der Waals surface area contributed by atoms with Crippen LogP contribution in [0.15, 0.2) is 28.5 Å². The quantitative estimate of drug-likeness (QED) is 0.307. The van der Waals surface area contributed by atoms with E-state index in [4.69, 9.17) is 9.47 Å². The number of fused-ring (bicyclic) bond motifs is 1. The third kappa shape index (κ3) is 5.50. The lowest BCUT2D eigenvalue weighted by atomic mass is 10.1. The van der Waals surface area contributed by atoms with Gasteiger partial charge in [0.2, 0.25) is 5.91 Å². The molecule has 11 nitrogen and oxygen atoms in total. The number of hydrogen-bond acceptors (Lipinski definition) is 10. The van der Waals surface area contributed by atoms with Crippen LogP contribution in [-0.2, 0) is 26.4 Å². The highest BCUT2D eigenvalue weighted by Gasteiger charge is 2.28. The number of ether oxygens (including phenoxy) is 2. The predicted octanol–water partition coefficient (Wildman–Crippen LogP) is 4.44. The Morgan fingerprint density at radius 2 is 1.79 bits per heavy atom. The molecule has 39 heavy (non-hydrogen) atoms. The van der Waals surface area contributed by atoms with Gasteiger partial charge in [0.15, 0.2) is 0 Å². The molecule has 13 heteroatoms. The Morgan fingerprint density at radius 1 is 1.10 bits per heavy atom. The first kappa shape index (κ1) is 28.2. The van der Waals surface area contributed by atoms with E-state index in [0.717, 1.165) is 20.9 Å². The Morgan fingerprint density at radius 3 is 2.41 bits per heavy atom. The molecule has 0 aliphatic rings. The lowest BCUT2D eigenvalue weighted by Gasteiger charge is -2.20. The van der Waals surface area contributed by atoms with Crippen molar-refractivity contribution < 1.29 is 23.9 Å². The smallest absolute Gasteiger partial charge is 0.348 e. The van der Waals surface area contributed by atoms with Gasteiger partial charge in [-0.1, -0.05) is 6.07 Å². The van der Waals surface area contributed by atoms with Crippen LogP contribution in [0.1, 0.15) is 60.2 Å². The molecule has 0 saturated carbocycles. The number of amides is 1. The minimum absolute atomic E-state index is 0.0686. The second-order valence-electron chi connectivity index (χ2n) is 9.53. The summed E-state index contributed by atoms with van der Waals surface area (Å²) in [5, 5.41) is 14.3. The van der Waals surface area contributed by atoms with Gasteiger partial charge >= 0.3 is 11.9 Å². The van der Waals surface area contributed by atoms with E-state index >= 15 is 0 Å². The third-order valence-corrected chi connectivity index (χ3v) is 7.77. The van der Waals surface area contributed by atoms with Crippen LogP contribution < -0.4 is 10.9 Å². The number of rotatable bonds is 8. The zero-order chi connectivity index (χ0) is 28.5. The van der Waals surface area contributed by atoms with Gasteiger partial charge in [-0.05, 0) is 58.6 Å². The maximum Gasteiger partial charge on any atom is 0.348 e. The lowest BCUT2D eigenvalue weighted by Crippen LogP contribution is -2.33. The molecule has 4 aromatic rings. The fourth-order valence-corrected chi connectivity index (χ4v) is 5.85. The number of thiophene rings is 2. The topological polar surface area (TPSA) is 134 Å². The number of esters is 2. The highest BCUT2D eigenvalue weighted by atomic mass is 32.1. The van der Waals surface area contributed by atoms with E-state index in [9.17, 15) is 19.2 Å². The Bertz CT molecular complexity index is 1610. The highest BCUT2D eigenvalue weighted by Crippen LogP contribution is 2.35. The van der Waals surface area contributed by atoms with Crippen molar-refractivity contribution in [3.8, 4) is 10.6 Å². The Labute approximate surface area is 232 Å². The molecule has 0 aliphatic carbocycles. The fraction of sp³-hybridized carbons (Fsp3) is 0.385. The van der Waals surface area contributed by atoms with E-state index in [0.29, 0.717) is 22.2 Å². The Balaban J connectivity index is 1.76. The van der Waals surface area contributed by atoms with Crippen molar-refractivity contribution in [1.29, 1.82) is 0 Å². The van der Waals surface area contributed by atoms with E-state index < -0.39 is 35.5 Å². The van der Waals surface area contributed by atoms with Crippen molar-refractivity contribution >= 4 is 56.4 Å². The molecule has 1 N–H and O–H groups in total. The number of hydrogen-bond donors (Lipinski definition) is 1. The number of nitrogens with one attached hydrogen (secondary N) is 1. The van der Waals surface area contributed by atoms with Crippen LogP contribution in [-0.4, -0.2) is 50.6 Å². The molecule has 0 bridgehead atoms. The SMILES string of the molecule is CCOC(=O)c1sc(NC(=O)Cn2nc(-c3cccs3)c3cnn(C(C)(C)C)c3c2=O)c(C(=O)OCC)c1C.